The zero-order valence-electron chi connectivity index (χ0n) is 13.9. The second-order valence-corrected chi connectivity index (χ2v) is 5.15. The van der Waals surface area contributed by atoms with Crippen LogP contribution in [0.3, 0.4) is 0 Å². The van der Waals surface area contributed by atoms with E-state index in [1.54, 1.807) is 27.5 Å². The van der Waals surface area contributed by atoms with E-state index in [1.807, 2.05) is 42.5 Å². The van der Waals surface area contributed by atoms with Crippen molar-refractivity contribution in [2.24, 2.45) is 0 Å². The summed E-state index contributed by atoms with van der Waals surface area (Å²) in [7, 11) is 4.77. The molecule has 0 amide bonds. The quantitative estimate of drug-likeness (QED) is 0.689. The van der Waals surface area contributed by atoms with E-state index in [4.69, 9.17) is 18.9 Å². The molecule has 5 nitrogen and oxygen atoms in total. The van der Waals surface area contributed by atoms with Crippen LogP contribution in [0.2, 0.25) is 0 Å². The van der Waals surface area contributed by atoms with Crippen molar-refractivity contribution in [3.05, 3.63) is 54.2 Å². The van der Waals surface area contributed by atoms with Crippen molar-refractivity contribution in [1.29, 1.82) is 0 Å². The van der Waals surface area contributed by atoms with E-state index in [1.165, 1.54) is 0 Å². The largest absolute Gasteiger partial charge is 0.493 e. The molecule has 1 heterocycles. The molecule has 0 aliphatic heterocycles. The van der Waals surface area contributed by atoms with Gasteiger partial charge >= 0.3 is 0 Å². The second kappa shape index (κ2) is 7.08. The number of aromatic nitrogens is 1. The molecule has 0 aliphatic carbocycles. The van der Waals surface area contributed by atoms with Gasteiger partial charge in [0.25, 0.3) is 0 Å². The summed E-state index contributed by atoms with van der Waals surface area (Å²) in [4.78, 5) is 4.39. The lowest BCUT2D eigenvalue weighted by Gasteiger charge is -2.15. The van der Waals surface area contributed by atoms with E-state index in [0.29, 0.717) is 23.9 Å². The predicted octanol–water partition coefficient (Wildman–Crippen LogP) is 3.84. The van der Waals surface area contributed by atoms with Gasteiger partial charge in [-0.15, -0.1) is 0 Å². The molecule has 0 bridgehead atoms. The normalized spacial score (nSPS) is 10.5. The van der Waals surface area contributed by atoms with Crippen molar-refractivity contribution in [3.8, 4) is 23.0 Å². The zero-order valence-corrected chi connectivity index (χ0v) is 13.9. The molecule has 0 atom stereocenters. The number of benzene rings is 2. The molecular weight excluding hydrogens is 306 g/mol. The second-order valence-electron chi connectivity index (χ2n) is 5.15. The van der Waals surface area contributed by atoms with Gasteiger partial charge in [0, 0.05) is 11.6 Å². The maximum absolute atomic E-state index is 5.96. The van der Waals surface area contributed by atoms with Crippen LogP contribution in [0.25, 0.3) is 10.9 Å². The minimum atomic E-state index is 0.367. The summed E-state index contributed by atoms with van der Waals surface area (Å²) in [5.74, 6) is 2.51. The number of nitrogens with zero attached hydrogens (tertiary/aromatic N) is 1. The van der Waals surface area contributed by atoms with Crippen molar-refractivity contribution in [2.45, 2.75) is 6.61 Å². The summed E-state index contributed by atoms with van der Waals surface area (Å²) >= 11 is 0. The van der Waals surface area contributed by atoms with Gasteiger partial charge in [-0.1, -0.05) is 18.2 Å². The molecule has 0 fully saturated rings. The van der Waals surface area contributed by atoms with Crippen LogP contribution < -0.4 is 18.9 Å². The highest BCUT2D eigenvalue weighted by molar-refractivity contribution is 5.84. The van der Waals surface area contributed by atoms with Gasteiger partial charge in [-0.3, -0.25) is 4.98 Å². The Hall–Kier alpha value is -2.95. The molecule has 0 spiro atoms. The lowest BCUT2D eigenvalue weighted by atomic mass is 10.2. The van der Waals surface area contributed by atoms with E-state index in [2.05, 4.69) is 4.98 Å². The molecule has 1 aromatic heterocycles. The highest BCUT2D eigenvalue weighted by Crippen LogP contribution is 2.38. The van der Waals surface area contributed by atoms with Gasteiger partial charge in [-0.2, -0.15) is 0 Å². The Morgan fingerprint density at radius 1 is 0.833 bits per heavy atom. The lowest BCUT2D eigenvalue weighted by molar-refractivity contribution is 0.301. The van der Waals surface area contributed by atoms with Gasteiger partial charge in [0.1, 0.15) is 17.9 Å². The van der Waals surface area contributed by atoms with Crippen molar-refractivity contribution in [2.75, 3.05) is 21.3 Å². The number of fused-ring (bicyclic) bond motifs is 1. The Kier molecular flexibility index (Phi) is 4.70. The van der Waals surface area contributed by atoms with Crippen LogP contribution in [0, 0.1) is 0 Å². The fraction of sp³-hybridized carbons (Fsp3) is 0.211. The molecule has 2 aromatic carbocycles. The third-order valence-electron chi connectivity index (χ3n) is 3.71. The van der Waals surface area contributed by atoms with Crippen LogP contribution in [0.15, 0.2) is 48.7 Å². The van der Waals surface area contributed by atoms with E-state index < -0.39 is 0 Å². The predicted molar refractivity (Wildman–Crippen MR) is 92.2 cm³/mol. The smallest absolute Gasteiger partial charge is 0.203 e. The summed E-state index contributed by atoms with van der Waals surface area (Å²) in [6, 6.07) is 13.5. The molecule has 0 aliphatic rings. The van der Waals surface area contributed by atoms with E-state index in [0.717, 1.165) is 22.2 Å². The van der Waals surface area contributed by atoms with Crippen LogP contribution in [0.1, 0.15) is 5.56 Å². The van der Waals surface area contributed by atoms with Crippen LogP contribution in [0.5, 0.6) is 23.0 Å². The van der Waals surface area contributed by atoms with Crippen LogP contribution in [-0.4, -0.2) is 26.3 Å². The molecule has 5 heteroatoms. The van der Waals surface area contributed by atoms with Crippen molar-refractivity contribution in [3.63, 3.8) is 0 Å². The SMILES string of the molecule is COc1cc(COc2cccc3cccnc23)cc(OC)c1OC. The maximum Gasteiger partial charge on any atom is 0.203 e. The van der Waals surface area contributed by atoms with Gasteiger partial charge in [0.05, 0.1) is 21.3 Å². The van der Waals surface area contributed by atoms with Gasteiger partial charge in [0.15, 0.2) is 11.5 Å². The summed E-state index contributed by atoms with van der Waals surface area (Å²) < 4.78 is 22.0. The monoisotopic (exact) mass is 325 g/mol. The maximum atomic E-state index is 5.96. The first kappa shape index (κ1) is 15.9. The Morgan fingerprint density at radius 3 is 2.21 bits per heavy atom. The Labute approximate surface area is 140 Å². The summed E-state index contributed by atoms with van der Waals surface area (Å²) in [5, 5.41) is 1.04. The standard InChI is InChI=1S/C19H19NO4/c1-21-16-10-13(11-17(22-2)19(16)23-3)12-24-15-8-4-6-14-7-5-9-20-18(14)15/h4-11H,12H2,1-3H3. The Morgan fingerprint density at radius 2 is 1.54 bits per heavy atom. The minimum Gasteiger partial charge on any atom is -0.493 e. The number of hydrogen-bond donors (Lipinski definition) is 0. The zero-order chi connectivity index (χ0) is 16.9. The van der Waals surface area contributed by atoms with Crippen molar-refractivity contribution in [1.82, 2.24) is 4.98 Å². The molecule has 3 rings (SSSR count). The average Bonchev–Trinajstić information content (AvgIpc) is 2.65. The Balaban J connectivity index is 1.88. The van der Waals surface area contributed by atoms with E-state index >= 15 is 0 Å². The molecule has 24 heavy (non-hydrogen) atoms. The lowest BCUT2D eigenvalue weighted by Crippen LogP contribution is -2.00. The molecule has 124 valence electrons. The first-order valence-electron chi connectivity index (χ1n) is 7.52. The Bertz CT molecular complexity index is 817. The van der Waals surface area contributed by atoms with Gasteiger partial charge in [-0.25, -0.2) is 0 Å². The van der Waals surface area contributed by atoms with Gasteiger partial charge in [-0.05, 0) is 29.8 Å². The van der Waals surface area contributed by atoms with Gasteiger partial charge < -0.3 is 18.9 Å². The topological polar surface area (TPSA) is 49.8 Å². The third kappa shape index (κ3) is 3.06. The number of ether oxygens (including phenoxy) is 4. The number of methoxy groups -OCH3 is 3. The third-order valence-corrected chi connectivity index (χ3v) is 3.71. The molecule has 0 saturated heterocycles. The van der Waals surface area contributed by atoms with Crippen LogP contribution in [-0.2, 0) is 6.61 Å². The fourth-order valence-corrected chi connectivity index (χ4v) is 2.57. The van der Waals surface area contributed by atoms with Crippen molar-refractivity contribution >= 4 is 10.9 Å². The highest BCUT2D eigenvalue weighted by atomic mass is 16.5. The first-order valence-corrected chi connectivity index (χ1v) is 7.52. The van der Waals surface area contributed by atoms with Crippen molar-refractivity contribution < 1.29 is 18.9 Å². The number of pyridine rings is 1. The molecule has 0 N–H and O–H groups in total. The molecule has 0 saturated carbocycles. The summed E-state index contributed by atoms with van der Waals surface area (Å²) in [6.45, 7) is 0.367. The van der Waals surface area contributed by atoms with E-state index in [-0.39, 0.29) is 0 Å². The number of para-hydroxylation sites is 1. The van der Waals surface area contributed by atoms with E-state index in [9.17, 15) is 0 Å². The molecule has 0 radical (unpaired) electrons. The molecular formula is C19H19NO4. The number of rotatable bonds is 6. The minimum absolute atomic E-state index is 0.367. The first-order chi connectivity index (χ1) is 11.8. The fourth-order valence-electron chi connectivity index (χ4n) is 2.57. The number of hydrogen-bond acceptors (Lipinski definition) is 5. The molecule has 0 unspecified atom stereocenters. The average molecular weight is 325 g/mol. The van der Waals surface area contributed by atoms with Gasteiger partial charge in [0.2, 0.25) is 5.75 Å². The van der Waals surface area contributed by atoms with Crippen LogP contribution in [0.4, 0.5) is 0 Å². The summed E-state index contributed by atoms with van der Waals surface area (Å²) in [6.07, 6.45) is 1.76. The molecule has 3 aromatic rings. The van der Waals surface area contributed by atoms with Crippen LogP contribution >= 0.6 is 0 Å². The highest BCUT2D eigenvalue weighted by Gasteiger charge is 2.13. The summed E-state index contributed by atoms with van der Waals surface area (Å²) in [5.41, 5.74) is 1.75.